The zero-order chi connectivity index (χ0) is 19.6. The van der Waals surface area contributed by atoms with Crippen molar-refractivity contribution in [1.82, 2.24) is 0 Å². The Morgan fingerprint density at radius 1 is 0.654 bits per heavy atom. The first-order valence-electron chi connectivity index (χ1n) is 8.78. The zero-order valence-corrected chi connectivity index (χ0v) is 16.1. The van der Waals surface area contributed by atoms with E-state index in [0.717, 1.165) is 24.2 Å². The van der Waals surface area contributed by atoms with Crippen LogP contribution in [0.15, 0.2) is 48.5 Å². The third-order valence-electron chi connectivity index (χ3n) is 5.24. The molecule has 0 aliphatic rings. The zero-order valence-electron chi connectivity index (χ0n) is 16.1. The highest BCUT2D eigenvalue weighted by Crippen LogP contribution is 2.37. The minimum atomic E-state index is -4.29. The molecule has 4 heteroatoms. The fourth-order valence-electron chi connectivity index (χ4n) is 3.07. The van der Waals surface area contributed by atoms with Gasteiger partial charge in [-0.05, 0) is 59.1 Å². The Hall–Kier alpha value is -1.97. The van der Waals surface area contributed by atoms with Crippen molar-refractivity contribution in [2.75, 3.05) is 7.11 Å². The normalized spacial score (nSPS) is 12.9. The van der Waals surface area contributed by atoms with Gasteiger partial charge in [0.25, 0.3) is 0 Å². The maximum Gasteiger partial charge on any atom is 0.416 e. The molecule has 0 aliphatic heterocycles. The topological polar surface area (TPSA) is 9.23 Å². The van der Waals surface area contributed by atoms with Crippen LogP contribution in [-0.2, 0) is 17.0 Å². The van der Waals surface area contributed by atoms with Crippen LogP contribution in [0.3, 0.4) is 0 Å². The summed E-state index contributed by atoms with van der Waals surface area (Å²) in [5.41, 5.74) is 1.32. The first-order chi connectivity index (χ1) is 12.0. The summed E-state index contributed by atoms with van der Waals surface area (Å²) in [5.74, 6) is 0.828. The lowest BCUT2D eigenvalue weighted by Gasteiger charge is -2.32. The smallest absolute Gasteiger partial charge is 0.416 e. The van der Waals surface area contributed by atoms with Gasteiger partial charge >= 0.3 is 6.18 Å². The predicted molar refractivity (Wildman–Crippen MR) is 99.7 cm³/mol. The van der Waals surface area contributed by atoms with Gasteiger partial charge in [-0.1, -0.05) is 52.0 Å². The van der Waals surface area contributed by atoms with E-state index in [1.165, 1.54) is 17.7 Å². The van der Waals surface area contributed by atoms with Crippen LogP contribution < -0.4 is 4.74 Å². The monoisotopic (exact) mass is 364 g/mol. The van der Waals surface area contributed by atoms with Gasteiger partial charge in [0.15, 0.2) is 0 Å². The number of rotatable bonds is 6. The Balaban J connectivity index is 2.10. The van der Waals surface area contributed by atoms with E-state index in [2.05, 4.69) is 39.8 Å². The quantitative estimate of drug-likeness (QED) is 0.551. The Labute approximate surface area is 154 Å². The minimum Gasteiger partial charge on any atom is -0.497 e. The molecule has 2 aromatic rings. The van der Waals surface area contributed by atoms with E-state index in [9.17, 15) is 13.2 Å². The van der Waals surface area contributed by atoms with Gasteiger partial charge in [-0.15, -0.1) is 0 Å². The third kappa shape index (κ3) is 4.80. The van der Waals surface area contributed by atoms with Crippen LogP contribution in [0.4, 0.5) is 13.2 Å². The summed E-state index contributed by atoms with van der Waals surface area (Å²) in [4.78, 5) is 0. The van der Waals surface area contributed by atoms with Gasteiger partial charge < -0.3 is 4.74 Å². The van der Waals surface area contributed by atoms with E-state index >= 15 is 0 Å². The summed E-state index contributed by atoms with van der Waals surface area (Å²) in [5, 5.41) is 0. The van der Waals surface area contributed by atoms with Gasteiger partial charge in [-0.2, -0.15) is 13.2 Å². The SMILES string of the molecule is COc1ccc(C(C)(C)CCC(C)(C)c2ccc(C(F)(F)F)cc2)cc1. The molecule has 0 bridgehead atoms. The molecule has 0 unspecified atom stereocenters. The van der Waals surface area contributed by atoms with Gasteiger partial charge in [0.05, 0.1) is 12.7 Å². The van der Waals surface area contributed by atoms with Gasteiger partial charge in [0.1, 0.15) is 5.75 Å². The van der Waals surface area contributed by atoms with E-state index < -0.39 is 11.7 Å². The van der Waals surface area contributed by atoms with E-state index in [-0.39, 0.29) is 10.8 Å². The molecule has 0 spiro atoms. The van der Waals surface area contributed by atoms with Gasteiger partial charge in [-0.3, -0.25) is 0 Å². The largest absolute Gasteiger partial charge is 0.497 e. The average Bonchev–Trinajstić information content (AvgIpc) is 2.60. The highest BCUT2D eigenvalue weighted by atomic mass is 19.4. The molecule has 0 aromatic heterocycles. The summed E-state index contributed by atoms with van der Waals surface area (Å²) in [6.07, 6.45) is -2.50. The molecule has 0 heterocycles. The third-order valence-corrected chi connectivity index (χ3v) is 5.24. The molecule has 26 heavy (non-hydrogen) atoms. The lowest BCUT2D eigenvalue weighted by atomic mass is 9.73. The van der Waals surface area contributed by atoms with E-state index in [1.54, 1.807) is 19.2 Å². The summed E-state index contributed by atoms with van der Waals surface area (Å²) in [6.45, 7) is 8.55. The number of hydrogen-bond donors (Lipinski definition) is 0. The Bertz CT molecular complexity index is 711. The second-order valence-electron chi connectivity index (χ2n) is 8.07. The van der Waals surface area contributed by atoms with E-state index in [1.807, 2.05) is 12.1 Å². The summed E-state index contributed by atoms with van der Waals surface area (Å²) in [7, 11) is 1.65. The standard InChI is InChI=1S/C22H27F3O/c1-20(2,16-6-8-18(9-7-16)22(23,24)25)14-15-21(3,4)17-10-12-19(26-5)13-11-17/h6-13H,14-15H2,1-5H3. The van der Waals surface area contributed by atoms with Crippen LogP contribution in [0.2, 0.25) is 0 Å². The molecule has 0 atom stereocenters. The molecule has 1 nitrogen and oxygen atoms in total. The molecule has 0 saturated heterocycles. The van der Waals surface area contributed by atoms with Crippen molar-refractivity contribution in [3.05, 3.63) is 65.2 Å². The van der Waals surface area contributed by atoms with Crippen molar-refractivity contribution in [2.45, 2.75) is 57.5 Å². The Morgan fingerprint density at radius 2 is 1.00 bits per heavy atom. The molecule has 0 aliphatic carbocycles. The lowest BCUT2D eigenvalue weighted by molar-refractivity contribution is -0.137. The maximum atomic E-state index is 12.8. The van der Waals surface area contributed by atoms with Crippen molar-refractivity contribution in [3.63, 3.8) is 0 Å². The molecule has 0 N–H and O–H groups in total. The van der Waals surface area contributed by atoms with Crippen molar-refractivity contribution < 1.29 is 17.9 Å². The number of ether oxygens (including phenoxy) is 1. The summed E-state index contributed by atoms with van der Waals surface area (Å²) < 4.78 is 43.5. The van der Waals surface area contributed by atoms with Crippen molar-refractivity contribution in [2.24, 2.45) is 0 Å². The van der Waals surface area contributed by atoms with E-state index in [0.29, 0.717) is 0 Å². The van der Waals surface area contributed by atoms with Crippen molar-refractivity contribution >= 4 is 0 Å². The number of hydrogen-bond acceptors (Lipinski definition) is 1. The number of halogens is 3. The second-order valence-corrected chi connectivity index (χ2v) is 8.07. The highest BCUT2D eigenvalue weighted by Gasteiger charge is 2.31. The molecule has 0 saturated carbocycles. The van der Waals surface area contributed by atoms with Gasteiger partial charge in [-0.25, -0.2) is 0 Å². The number of benzene rings is 2. The Morgan fingerprint density at radius 3 is 1.35 bits per heavy atom. The average molecular weight is 364 g/mol. The highest BCUT2D eigenvalue weighted by molar-refractivity contribution is 5.32. The van der Waals surface area contributed by atoms with Crippen molar-refractivity contribution in [1.29, 1.82) is 0 Å². The Kier molecular flexibility index (Phi) is 5.74. The lowest BCUT2D eigenvalue weighted by Crippen LogP contribution is -2.24. The molecule has 0 amide bonds. The van der Waals surface area contributed by atoms with Crippen LogP contribution in [0.1, 0.15) is 57.2 Å². The fourth-order valence-corrected chi connectivity index (χ4v) is 3.07. The van der Waals surface area contributed by atoms with Crippen molar-refractivity contribution in [3.8, 4) is 5.75 Å². The molecular weight excluding hydrogens is 337 g/mol. The van der Waals surface area contributed by atoms with Crippen LogP contribution in [0, 0.1) is 0 Å². The van der Waals surface area contributed by atoms with Gasteiger partial charge in [0, 0.05) is 0 Å². The van der Waals surface area contributed by atoms with E-state index in [4.69, 9.17) is 4.74 Å². The maximum absolute atomic E-state index is 12.8. The summed E-state index contributed by atoms with van der Waals surface area (Å²) >= 11 is 0. The van der Waals surface area contributed by atoms with Crippen LogP contribution >= 0.6 is 0 Å². The fraction of sp³-hybridized carbons (Fsp3) is 0.455. The first-order valence-corrected chi connectivity index (χ1v) is 8.78. The first kappa shape index (κ1) is 20.3. The predicted octanol–water partition coefficient (Wildman–Crippen LogP) is 6.75. The summed E-state index contributed by atoms with van der Waals surface area (Å²) in [6, 6.07) is 13.6. The molecule has 0 radical (unpaired) electrons. The second kappa shape index (κ2) is 7.34. The number of alkyl halides is 3. The van der Waals surface area contributed by atoms with Crippen LogP contribution in [-0.4, -0.2) is 7.11 Å². The molecule has 142 valence electrons. The molecule has 0 fully saturated rings. The molecule has 2 aromatic carbocycles. The molecule has 2 rings (SSSR count). The molecular formula is C22H27F3O. The van der Waals surface area contributed by atoms with Crippen LogP contribution in [0.5, 0.6) is 5.75 Å². The van der Waals surface area contributed by atoms with Gasteiger partial charge in [0.2, 0.25) is 0 Å². The number of methoxy groups -OCH3 is 1. The minimum absolute atomic E-state index is 0.0323. The van der Waals surface area contributed by atoms with Crippen LogP contribution in [0.25, 0.3) is 0 Å².